The fraction of sp³-hybridized carbons (Fsp3) is 1.00. The average Bonchev–Trinajstić information content (AvgIpc) is 1.93. The number of nitrogens with two attached hydrogens (primary N) is 1. The first-order chi connectivity index (χ1) is 5.49. The van der Waals surface area contributed by atoms with Gasteiger partial charge in [0.2, 0.25) is 0 Å². The van der Waals surface area contributed by atoms with Crippen molar-refractivity contribution in [1.29, 1.82) is 0 Å². The molecule has 13 heavy (non-hydrogen) atoms. The van der Waals surface area contributed by atoms with Gasteiger partial charge in [0.05, 0.1) is 12.2 Å². The molecule has 1 saturated carbocycles. The van der Waals surface area contributed by atoms with Crippen molar-refractivity contribution in [3.63, 3.8) is 0 Å². The van der Waals surface area contributed by atoms with E-state index < -0.39 is 0 Å². The van der Waals surface area contributed by atoms with Gasteiger partial charge in [0.1, 0.15) is 0 Å². The minimum Gasteiger partial charge on any atom is -0.376 e. The van der Waals surface area contributed by atoms with E-state index in [1.807, 2.05) is 0 Å². The number of hydrogen-bond acceptors (Lipinski definition) is 2. The van der Waals surface area contributed by atoms with E-state index in [0.717, 1.165) is 25.7 Å². The van der Waals surface area contributed by atoms with E-state index in [-0.39, 0.29) is 17.9 Å². The Morgan fingerprint density at radius 2 is 1.77 bits per heavy atom. The van der Waals surface area contributed by atoms with Crippen LogP contribution >= 0.6 is 12.4 Å². The molecule has 2 nitrogen and oxygen atoms in total. The van der Waals surface area contributed by atoms with E-state index in [0.29, 0.717) is 12.2 Å². The molecule has 0 aromatic rings. The quantitative estimate of drug-likeness (QED) is 0.755. The molecule has 0 amide bonds. The molecule has 0 spiro atoms. The van der Waals surface area contributed by atoms with Crippen LogP contribution in [0.5, 0.6) is 0 Å². The second kappa shape index (κ2) is 5.18. The Labute approximate surface area is 87.6 Å². The Balaban J connectivity index is 0.00000144. The first-order valence-corrected chi connectivity index (χ1v) is 4.94. The van der Waals surface area contributed by atoms with Crippen LogP contribution in [0.4, 0.5) is 0 Å². The van der Waals surface area contributed by atoms with Crippen LogP contribution in [-0.2, 0) is 4.74 Å². The average molecular weight is 208 g/mol. The zero-order chi connectivity index (χ0) is 9.19. The lowest BCUT2D eigenvalue weighted by Gasteiger charge is -2.34. The van der Waals surface area contributed by atoms with Gasteiger partial charge in [0.25, 0.3) is 0 Å². The molecule has 1 fully saturated rings. The maximum atomic E-state index is 6.02. The lowest BCUT2D eigenvalue weighted by atomic mass is 9.83. The summed E-state index contributed by atoms with van der Waals surface area (Å²) in [7, 11) is 0. The largest absolute Gasteiger partial charge is 0.376 e. The van der Waals surface area contributed by atoms with Gasteiger partial charge in [0.15, 0.2) is 0 Å². The highest BCUT2D eigenvalue weighted by Gasteiger charge is 2.27. The molecule has 0 aromatic carbocycles. The van der Waals surface area contributed by atoms with Gasteiger partial charge in [0, 0.05) is 5.54 Å². The first-order valence-electron chi connectivity index (χ1n) is 4.94. The van der Waals surface area contributed by atoms with Gasteiger partial charge in [-0.3, -0.25) is 0 Å². The van der Waals surface area contributed by atoms with Gasteiger partial charge >= 0.3 is 0 Å². The van der Waals surface area contributed by atoms with Gasteiger partial charge < -0.3 is 10.5 Å². The van der Waals surface area contributed by atoms with Gasteiger partial charge in [-0.05, 0) is 46.5 Å². The van der Waals surface area contributed by atoms with E-state index in [2.05, 4.69) is 20.8 Å². The van der Waals surface area contributed by atoms with Crippen LogP contribution in [0.2, 0.25) is 0 Å². The van der Waals surface area contributed by atoms with E-state index >= 15 is 0 Å². The zero-order valence-corrected chi connectivity index (χ0v) is 9.69. The Bertz CT molecular complexity index is 138. The summed E-state index contributed by atoms with van der Waals surface area (Å²) in [6, 6.07) is 0. The fourth-order valence-corrected chi connectivity index (χ4v) is 1.77. The lowest BCUT2D eigenvalue weighted by molar-refractivity contribution is -0.0214. The third-order valence-corrected chi connectivity index (χ3v) is 2.54. The summed E-state index contributed by atoms with van der Waals surface area (Å²) in [5, 5.41) is 0. The number of halogens is 1. The Kier molecular flexibility index (Phi) is 5.26. The first kappa shape index (κ1) is 13.2. The molecule has 1 aliphatic carbocycles. The molecule has 0 unspecified atom stereocenters. The Morgan fingerprint density at radius 3 is 2.15 bits per heavy atom. The summed E-state index contributed by atoms with van der Waals surface area (Å²) in [5.41, 5.74) is 6.08. The molecule has 80 valence electrons. The summed E-state index contributed by atoms with van der Waals surface area (Å²) < 4.78 is 5.73. The summed E-state index contributed by atoms with van der Waals surface area (Å²) >= 11 is 0. The van der Waals surface area contributed by atoms with Crippen molar-refractivity contribution in [1.82, 2.24) is 0 Å². The van der Waals surface area contributed by atoms with Crippen LogP contribution in [0.1, 0.15) is 46.5 Å². The molecule has 0 heterocycles. The topological polar surface area (TPSA) is 35.2 Å². The van der Waals surface area contributed by atoms with Crippen molar-refractivity contribution < 1.29 is 4.74 Å². The number of hydrogen-bond donors (Lipinski definition) is 1. The van der Waals surface area contributed by atoms with Crippen LogP contribution in [0.25, 0.3) is 0 Å². The van der Waals surface area contributed by atoms with Crippen LogP contribution in [0.3, 0.4) is 0 Å². The van der Waals surface area contributed by atoms with Crippen molar-refractivity contribution in [3.8, 4) is 0 Å². The monoisotopic (exact) mass is 207 g/mol. The molecule has 1 aliphatic rings. The normalized spacial score (nSPS) is 34.4. The number of rotatable bonds is 2. The van der Waals surface area contributed by atoms with Crippen LogP contribution in [0, 0.1) is 0 Å². The molecule has 1 rings (SSSR count). The highest BCUT2D eigenvalue weighted by molar-refractivity contribution is 5.85. The highest BCUT2D eigenvalue weighted by atomic mass is 35.5. The smallest absolute Gasteiger partial charge is 0.0580 e. The molecule has 0 radical (unpaired) electrons. The van der Waals surface area contributed by atoms with Crippen molar-refractivity contribution in [2.24, 2.45) is 5.73 Å². The summed E-state index contributed by atoms with van der Waals surface area (Å²) in [6.07, 6.45) is 5.28. The summed E-state index contributed by atoms with van der Waals surface area (Å²) in [5.74, 6) is 0. The maximum absolute atomic E-state index is 6.02. The van der Waals surface area contributed by atoms with E-state index in [1.54, 1.807) is 0 Å². The van der Waals surface area contributed by atoms with Crippen LogP contribution < -0.4 is 5.73 Å². The molecule has 0 saturated heterocycles. The standard InChI is InChI=1S/C10H21NO.ClH/c1-8(2)12-9-4-6-10(3,11)7-5-9;/h8-9H,4-7,11H2,1-3H3;1H. The lowest BCUT2D eigenvalue weighted by Crippen LogP contribution is -2.42. The van der Waals surface area contributed by atoms with Crippen molar-refractivity contribution in [3.05, 3.63) is 0 Å². The maximum Gasteiger partial charge on any atom is 0.0580 e. The minimum absolute atomic E-state index is 0. The summed E-state index contributed by atoms with van der Waals surface area (Å²) in [4.78, 5) is 0. The second-order valence-corrected chi connectivity index (χ2v) is 4.54. The van der Waals surface area contributed by atoms with Gasteiger partial charge in [-0.1, -0.05) is 0 Å². The third kappa shape index (κ3) is 4.84. The molecule has 0 atom stereocenters. The van der Waals surface area contributed by atoms with Crippen molar-refractivity contribution >= 4 is 12.4 Å². The fourth-order valence-electron chi connectivity index (χ4n) is 1.77. The van der Waals surface area contributed by atoms with Crippen molar-refractivity contribution in [2.45, 2.75) is 64.2 Å². The molecule has 0 aromatic heterocycles. The minimum atomic E-state index is 0. The third-order valence-electron chi connectivity index (χ3n) is 2.54. The van der Waals surface area contributed by atoms with Gasteiger partial charge in [-0.15, -0.1) is 12.4 Å². The molecular weight excluding hydrogens is 186 g/mol. The summed E-state index contributed by atoms with van der Waals surface area (Å²) in [6.45, 7) is 6.32. The van der Waals surface area contributed by atoms with Crippen molar-refractivity contribution in [2.75, 3.05) is 0 Å². The molecule has 2 N–H and O–H groups in total. The zero-order valence-electron chi connectivity index (χ0n) is 8.88. The Hall–Kier alpha value is 0.210. The Morgan fingerprint density at radius 1 is 1.31 bits per heavy atom. The highest BCUT2D eigenvalue weighted by Crippen LogP contribution is 2.27. The molecule has 0 bridgehead atoms. The van der Waals surface area contributed by atoms with Gasteiger partial charge in [-0.25, -0.2) is 0 Å². The number of ether oxygens (including phenoxy) is 1. The van der Waals surface area contributed by atoms with Crippen LogP contribution in [0.15, 0.2) is 0 Å². The molecule has 0 aliphatic heterocycles. The van der Waals surface area contributed by atoms with E-state index in [4.69, 9.17) is 10.5 Å². The predicted molar refractivity (Wildman–Crippen MR) is 58.3 cm³/mol. The molecular formula is C10H22ClNO. The van der Waals surface area contributed by atoms with E-state index in [1.165, 1.54) is 0 Å². The van der Waals surface area contributed by atoms with E-state index in [9.17, 15) is 0 Å². The SMILES string of the molecule is CC(C)OC1CCC(C)(N)CC1.Cl. The predicted octanol–water partition coefficient (Wildman–Crippen LogP) is 2.49. The molecule has 3 heteroatoms. The van der Waals surface area contributed by atoms with Gasteiger partial charge in [-0.2, -0.15) is 0 Å². The second-order valence-electron chi connectivity index (χ2n) is 4.54. The van der Waals surface area contributed by atoms with Crippen LogP contribution in [-0.4, -0.2) is 17.7 Å².